The van der Waals surface area contributed by atoms with Crippen LogP contribution in [0.1, 0.15) is 18.0 Å². The molecule has 0 saturated carbocycles. The van der Waals surface area contributed by atoms with Crippen molar-refractivity contribution in [3.05, 3.63) is 54.4 Å². The highest BCUT2D eigenvalue weighted by Gasteiger charge is 2.04. The molecule has 1 aromatic carbocycles. The molecule has 0 saturated heterocycles. The Balaban J connectivity index is 1.79. The van der Waals surface area contributed by atoms with Crippen LogP contribution in [0.15, 0.2) is 48.8 Å². The second-order valence-electron chi connectivity index (χ2n) is 3.81. The Bertz CT molecular complexity index is 430. The molecular weight excluding hydrogens is 212 g/mol. The van der Waals surface area contributed by atoms with Gasteiger partial charge in [0.2, 0.25) is 5.95 Å². The minimum absolute atomic E-state index is 0.0485. The third-order valence-corrected chi connectivity index (χ3v) is 2.53. The van der Waals surface area contributed by atoms with Gasteiger partial charge in [0.1, 0.15) is 0 Å². The third kappa shape index (κ3) is 3.53. The van der Waals surface area contributed by atoms with Gasteiger partial charge < -0.3 is 11.1 Å². The Kier molecular flexibility index (Phi) is 4.05. The summed E-state index contributed by atoms with van der Waals surface area (Å²) in [6.07, 6.45) is 4.28. The van der Waals surface area contributed by atoms with Gasteiger partial charge in [-0.1, -0.05) is 30.3 Å². The summed E-state index contributed by atoms with van der Waals surface area (Å²) in [7, 11) is 0. The molecule has 0 radical (unpaired) electrons. The van der Waals surface area contributed by atoms with Crippen LogP contribution in [-0.4, -0.2) is 16.5 Å². The minimum atomic E-state index is 0.0485. The van der Waals surface area contributed by atoms with Crippen molar-refractivity contribution in [1.82, 2.24) is 9.97 Å². The average Bonchev–Trinajstić information content (AvgIpc) is 2.41. The summed E-state index contributed by atoms with van der Waals surface area (Å²) >= 11 is 0. The molecule has 4 nitrogen and oxygen atoms in total. The lowest BCUT2D eigenvalue weighted by atomic mass is 10.1. The summed E-state index contributed by atoms with van der Waals surface area (Å²) in [6.45, 7) is 0.764. The standard InChI is InChI=1S/C13H16N4/c14-12(11-5-2-1-3-6-11)7-10-17-13-15-8-4-9-16-13/h1-6,8-9,12H,7,10,14H2,(H,15,16,17). The molecule has 2 aromatic rings. The first-order valence-corrected chi connectivity index (χ1v) is 5.67. The molecular formula is C13H16N4. The van der Waals surface area contributed by atoms with Gasteiger partial charge in [0.25, 0.3) is 0 Å². The molecule has 0 spiro atoms. The maximum atomic E-state index is 6.08. The molecule has 1 heterocycles. The van der Waals surface area contributed by atoms with Crippen LogP contribution in [-0.2, 0) is 0 Å². The van der Waals surface area contributed by atoms with E-state index in [1.165, 1.54) is 0 Å². The number of nitrogens with zero attached hydrogens (tertiary/aromatic N) is 2. The Hall–Kier alpha value is -1.94. The Morgan fingerprint density at radius 3 is 2.47 bits per heavy atom. The number of hydrogen-bond acceptors (Lipinski definition) is 4. The van der Waals surface area contributed by atoms with Crippen LogP contribution in [0.3, 0.4) is 0 Å². The van der Waals surface area contributed by atoms with E-state index in [0.717, 1.165) is 18.5 Å². The summed E-state index contributed by atoms with van der Waals surface area (Å²) < 4.78 is 0. The lowest BCUT2D eigenvalue weighted by Gasteiger charge is -2.12. The number of hydrogen-bond donors (Lipinski definition) is 2. The van der Waals surface area contributed by atoms with E-state index in [9.17, 15) is 0 Å². The first-order valence-electron chi connectivity index (χ1n) is 5.67. The molecule has 0 aliphatic rings. The molecule has 1 unspecified atom stereocenters. The van der Waals surface area contributed by atoms with Crippen LogP contribution in [0, 0.1) is 0 Å². The van der Waals surface area contributed by atoms with E-state index in [4.69, 9.17) is 5.73 Å². The van der Waals surface area contributed by atoms with Crippen LogP contribution in [0.4, 0.5) is 5.95 Å². The maximum Gasteiger partial charge on any atom is 0.222 e. The summed E-state index contributed by atoms with van der Waals surface area (Å²) in [5, 5.41) is 3.14. The van der Waals surface area contributed by atoms with E-state index in [-0.39, 0.29) is 6.04 Å². The highest BCUT2D eigenvalue weighted by molar-refractivity contribution is 5.23. The van der Waals surface area contributed by atoms with Crippen LogP contribution < -0.4 is 11.1 Å². The fourth-order valence-electron chi connectivity index (χ4n) is 1.60. The predicted octanol–water partition coefficient (Wildman–Crippen LogP) is 1.98. The van der Waals surface area contributed by atoms with Gasteiger partial charge in [-0.15, -0.1) is 0 Å². The van der Waals surface area contributed by atoms with Crippen molar-refractivity contribution in [2.24, 2.45) is 5.73 Å². The maximum absolute atomic E-state index is 6.08. The predicted molar refractivity (Wildman–Crippen MR) is 68.5 cm³/mol. The molecule has 3 N–H and O–H groups in total. The quantitative estimate of drug-likeness (QED) is 0.821. The molecule has 0 aliphatic carbocycles. The number of rotatable bonds is 5. The number of anilines is 1. The highest BCUT2D eigenvalue weighted by atomic mass is 15.1. The fourth-order valence-corrected chi connectivity index (χ4v) is 1.60. The number of nitrogens with two attached hydrogens (primary N) is 1. The lowest BCUT2D eigenvalue weighted by Crippen LogP contribution is -2.15. The summed E-state index contributed by atoms with van der Waals surface area (Å²) in [5.74, 6) is 0.646. The topological polar surface area (TPSA) is 63.8 Å². The molecule has 4 heteroatoms. The van der Waals surface area contributed by atoms with E-state index in [2.05, 4.69) is 15.3 Å². The van der Waals surface area contributed by atoms with Crippen molar-refractivity contribution in [2.75, 3.05) is 11.9 Å². The molecule has 88 valence electrons. The van der Waals surface area contributed by atoms with Crippen molar-refractivity contribution >= 4 is 5.95 Å². The highest BCUT2D eigenvalue weighted by Crippen LogP contribution is 2.12. The Morgan fingerprint density at radius 2 is 1.76 bits per heavy atom. The summed E-state index contributed by atoms with van der Waals surface area (Å²) in [4.78, 5) is 8.17. The zero-order valence-corrected chi connectivity index (χ0v) is 9.58. The van der Waals surface area contributed by atoms with Crippen molar-refractivity contribution in [2.45, 2.75) is 12.5 Å². The van der Waals surface area contributed by atoms with E-state index < -0.39 is 0 Å². The Morgan fingerprint density at radius 1 is 1.06 bits per heavy atom. The van der Waals surface area contributed by atoms with E-state index in [0.29, 0.717) is 5.95 Å². The molecule has 0 aliphatic heterocycles. The van der Waals surface area contributed by atoms with Crippen LogP contribution >= 0.6 is 0 Å². The lowest BCUT2D eigenvalue weighted by molar-refractivity contribution is 0.673. The molecule has 0 amide bonds. The van der Waals surface area contributed by atoms with Gasteiger partial charge in [-0.25, -0.2) is 9.97 Å². The molecule has 0 bridgehead atoms. The zero-order valence-electron chi connectivity index (χ0n) is 9.58. The second-order valence-corrected chi connectivity index (χ2v) is 3.81. The van der Waals surface area contributed by atoms with Gasteiger partial charge >= 0.3 is 0 Å². The van der Waals surface area contributed by atoms with Crippen LogP contribution in [0.25, 0.3) is 0 Å². The summed E-state index contributed by atoms with van der Waals surface area (Å²) in [6, 6.07) is 11.9. The average molecular weight is 228 g/mol. The van der Waals surface area contributed by atoms with Crippen LogP contribution in [0.5, 0.6) is 0 Å². The van der Waals surface area contributed by atoms with Crippen molar-refractivity contribution in [3.63, 3.8) is 0 Å². The molecule has 1 aromatic heterocycles. The van der Waals surface area contributed by atoms with Crippen molar-refractivity contribution < 1.29 is 0 Å². The van der Waals surface area contributed by atoms with Crippen molar-refractivity contribution in [1.29, 1.82) is 0 Å². The monoisotopic (exact) mass is 228 g/mol. The smallest absolute Gasteiger partial charge is 0.222 e. The normalized spacial score (nSPS) is 12.1. The van der Waals surface area contributed by atoms with E-state index in [1.54, 1.807) is 18.5 Å². The molecule has 0 fully saturated rings. The third-order valence-electron chi connectivity index (χ3n) is 2.53. The molecule has 1 atom stereocenters. The Labute approximate surface area is 101 Å². The van der Waals surface area contributed by atoms with Gasteiger partial charge in [0.05, 0.1) is 0 Å². The number of benzene rings is 1. The molecule has 2 rings (SSSR count). The first-order chi connectivity index (χ1) is 8.36. The van der Waals surface area contributed by atoms with Gasteiger partial charge in [-0.05, 0) is 18.1 Å². The van der Waals surface area contributed by atoms with Gasteiger partial charge in [0.15, 0.2) is 0 Å². The minimum Gasteiger partial charge on any atom is -0.354 e. The van der Waals surface area contributed by atoms with Gasteiger partial charge in [-0.2, -0.15) is 0 Å². The largest absolute Gasteiger partial charge is 0.354 e. The van der Waals surface area contributed by atoms with E-state index >= 15 is 0 Å². The zero-order chi connectivity index (χ0) is 11.9. The number of nitrogens with one attached hydrogen (secondary N) is 1. The van der Waals surface area contributed by atoms with Gasteiger partial charge in [0, 0.05) is 25.0 Å². The van der Waals surface area contributed by atoms with E-state index in [1.807, 2.05) is 30.3 Å². The second kappa shape index (κ2) is 5.96. The summed E-state index contributed by atoms with van der Waals surface area (Å²) in [5.41, 5.74) is 7.23. The van der Waals surface area contributed by atoms with Gasteiger partial charge in [-0.3, -0.25) is 0 Å². The van der Waals surface area contributed by atoms with Crippen LogP contribution in [0.2, 0.25) is 0 Å². The van der Waals surface area contributed by atoms with Crippen molar-refractivity contribution in [3.8, 4) is 0 Å². The SMILES string of the molecule is NC(CCNc1ncccn1)c1ccccc1. The fraction of sp³-hybridized carbons (Fsp3) is 0.231. The first kappa shape index (κ1) is 11.5. The molecule has 17 heavy (non-hydrogen) atoms. The number of aromatic nitrogens is 2.